The summed E-state index contributed by atoms with van der Waals surface area (Å²) >= 11 is 0. The number of imide groups is 1. The normalized spacial score (nSPS) is 21.2. The largest absolute Gasteiger partial charge is 0.299 e. The van der Waals surface area contributed by atoms with Gasteiger partial charge >= 0.3 is 0 Å². The Labute approximate surface area is 199 Å². The Hall–Kier alpha value is -3.12. The third kappa shape index (κ3) is 4.23. The van der Waals surface area contributed by atoms with Crippen LogP contribution in [0.2, 0.25) is 0 Å². The molecular weight excluding hydrogens is 428 g/mol. The molecule has 1 saturated heterocycles. The zero-order valence-electron chi connectivity index (χ0n) is 19.6. The number of likely N-dealkylation sites (tertiary alicyclic amines) is 1. The van der Waals surface area contributed by atoms with Gasteiger partial charge in [-0.3, -0.25) is 29.0 Å². The van der Waals surface area contributed by atoms with Crippen molar-refractivity contribution in [3.63, 3.8) is 0 Å². The third-order valence-electron chi connectivity index (χ3n) is 7.51. The molecule has 2 aromatic rings. The van der Waals surface area contributed by atoms with Gasteiger partial charge in [-0.2, -0.15) is 0 Å². The van der Waals surface area contributed by atoms with E-state index in [1.807, 2.05) is 6.07 Å². The van der Waals surface area contributed by atoms with Crippen LogP contribution in [-0.2, 0) is 29.0 Å². The van der Waals surface area contributed by atoms with Gasteiger partial charge in [0, 0.05) is 26.1 Å². The molecule has 0 radical (unpaired) electrons. The van der Waals surface area contributed by atoms with Crippen LogP contribution in [0.25, 0.3) is 0 Å². The number of benzene rings is 2. The summed E-state index contributed by atoms with van der Waals surface area (Å²) in [4.78, 5) is 53.8. The van der Waals surface area contributed by atoms with Crippen molar-refractivity contribution in [3.05, 3.63) is 70.3 Å². The van der Waals surface area contributed by atoms with Gasteiger partial charge in [-0.25, -0.2) is 0 Å². The van der Waals surface area contributed by atoms with E-state index in [4.69, 9.17) is 0 Å². The Morgan fingerprint density at radius 2 is 1.62 bits per heavy atom. The lowest BCUT2D eigenvalue weighted by Gasteiger charge is -2.38. The predicted octanol–water partition coefficient (Wildman–Crippen LogP) is 3.60. The summed E-state index contributed by atoms with van der Waals surface area (Å²) in [7, 11) is 0. The molecule has 176 valence electrons. The average molecular weight is 459 g/mol. The molecule has 0 aromatic heterocycles. The van der Waals surface area contributed by atoms with Gasteiger partial charge in [0.15, 0.2) is 5.78 Å². The van der Waals surface area contributed by atoms with Crippen LogP contribution in [0, 0.1) is 5.92 Å². The average Bonchev–Trinajstić information content (AvgIpc) is 3.06. The van der Waals surface area contributed by atoms with Crippen LogP contribution in [0.1, 0.15) is 70.0 Å². The fourth-order valence-corrected chi connectivity index (χ4v) is 5.41. The van der Waals surface area contributed by atoms with E-state index < -0.39 is 17.9 Å². The van der Waals surface area contributed by atoms with Crippen molar-refractivity contribution >= 4 is 23.4 Å². The molecule has 2 fully saturated rings. The minimum Gasteiger partial charge on any atom is -0.299 e. The van der Waals surface area contributed by atoms with Gasteiger partial charge in [-0.05, 0) is 47.9 Å². The molecule has 5 rings (SSSR count). The van der Waals surface area contributed by atoms with Crippen LogP contribution < -0.4 is 0 Å². The molecule has 1 saturated carbocycles. The van der Waals surface area contributed by atoms with Gasteiger partial charge in [-0.15, -0.1) is 0 Å². The lowest BCUT2D eigenvalue weighted by atomic mass is 9.92. The van der Waals surface area contributed by atoms with Crippen LogP contribution in [-0.4, -0.2) is 52.3 Å². The summed E-state index contributed by atoms with van der Waals surface area (Å²) in [5.41, 5.74) is 4.10. The molecule has 3 aliphatic rings. The number of amides is 2. The van der Waals surface area contributed by atoms with Gasteiger partial charge in [0.1, 0.15) is 5.78 Å². The standard InChI is InChI=1S/C28H30N2O4/c1-2-18-15-29(16-18)17-20-8-6-19(7-9-20)10-11-21-4-3-5-23-26(21)28(34)30(27(23)33)24-13-12-22(31)14-25(24)32/h3-9,18,24H,2,10-17H2,1H3. The van der Waals surface area contributed by atoms with E-state index in [1.54, 1.807) is 12.1 Å². The number of hydrogen-bond acceptors (Lipinski definition) is 5. The van der Waals surface area contributed by atoms with E-state index in [-0.39, 0.29) is 30.8 Å². The van der Waals surface area contributed by atoms with E-state index in [2.05, 4.69) is 36.1 Å². The molecule has 0 N–H and O–H groups in total. The van der Waals surface area contributed by atoms with E-state index >= 15 is 0 Å². The highest BCUT2D eigenvalue weighted by Crippen LogP contribution is 2.31. The molecule has 2 heterocycles. The van der Waals surface area contributed by atoms with Crippen LogP contribution in [0.15, 0.2) is 42.5 Å². The highest BCUT2D eigenvalue weighted by Gasteiger charge is 2.45. The zero-order valence-corrected chi connectivity index (χ0v) is 19.6. The Morgan fingerprint density at radius 1 is 0.882 bits per heavy atom. The number of rotatable bonds is 7. The summed E-state index contributed by atoms with van der Waals surface area (Å²) in [5, 5.41) is 0. The Balaban J connectivity index is 1.26. The Bertz CT molecular complexity index is 1150. The van der Waals surface area contributed by atoms with Crippen LogP contribution in [0.4, 0.5) is 0 Å². The minimum absolute atomic E-state index is 0.125. The van der Waals surface area contributed by atoms with Crippen molar-refractivity contribution in [3.8, 4) is 0 Å². The fourth-order valence-electron chi connectivity index (χ4n) is 5.41. The SMILES string of the molecule is CCC1CN(Cc2ccc(CCc3cccc4c3C(=O)N(C3CCC(=O)CC3=O)C4=O)cc2)C1. The first-order chi connectivity index (χ1) is 16.4. The topological polar surface area (TPSA) is 74.8 Å². The Kier molecular flexibility index (Phi) is 6.17. The first kappa shape index (κ1) is 22.7. The second-order valence-corrected chi connectivity index (χ2v) is 9.84. The lowest BCUT2D eigenvalue weighted by molar-refractivity contribution is -0.132. The third-order valence-corrected chi connectivity index (χ3v) is 7.51. The van der Waals surface area contributed by atoms with Crippen molar-refractivity contribution in [2.24, 2.45) is 5.92 Å². The fraction of sp³-hybridized carbons (Fsp3) is 0.429. The zero-order chi connectivity index (χ0) is 23.8. The van der Waals surface area contributed by atoms with Gasteiger partial charge in [-0.1, -0.05) is 49.7 Å². The van der Waals surface area contributed by atoms with Crippen LogP contribution in [0.3, 0.4) is 0 Å². The van der Waals surface area contributed by atoms with Crippen molar-refractivity contribution in [2.45, 2.75) is 58.0 Å². The maximum absolute atomic E-state index is 13.3. The molecule has 6 nitrogen and oxygen atoms in total. The maximum Gasteiger partial charge on any atom is 0.262 e. The summed E-state index contributed by atoms with van der Waals surface area (Å²) in [6, 6.07) is 13.2. The van der Waals surface area contributed by atoms with Crippen molar-refractivity contribution in [2.75, 3.05) is 13.1 Å². The molecular formula is C28H30N2O4. The highest BCUT2D eigenvalue weighted by atomic mass is 16.2. The summed E-state index contributed by atoms with van der Waals surface area (Å²) in [6.07, 6.45) is 2.90. The van der Waals surface area contributed by atoms with Crippen molar-refractivity contribution in [1.29, 1.82) is 0 Å². The Morgan fingerprint density at radius 3 is 2.32 bits per heavy atom. The molecule has 1 atom stereocenters. The number of carbonyl (C=O) groups is 4. The maximum atomic E-state index is 13.3. The molecule has 2 aromatic carbocycles. The monoisotopic (exact) mass is 458 g/mol. The number of Topliss-reactive ketones (excluding diaryl/α,β-unsaturated/α-hetero) is 2. The number of ketones is 2. The molecule has 1 unspecified atom stereocenters. The summed E-state index contributed by atoms with van der Waals surface area (Å²) < 4.78 is 0. The summed E-state index contributed by atoms with van der Waals surface area (Å²) in [6.45, 7) is 5.60. The highest BCUT2D eigenvalue weighted by molar-refractivity contribution is 6.24. The van der Waals surface area contributed by atoms with Crippen LogP contribution >= 0.6 is 0 Å². The molecule has 0 spiro atoms. The summed E-state index contributed by atoms with van der Waals surface area (Å²) in [5.74, 6) is -0.444. The van der Waals surface area contributed by atoms with Gasteiger partial charge in [0.05, 0.1) is 23.6 Å². The molecule has 1 aliphatic carbocycles. The first-order valence-corrected chi connectivity index (χ1v) is 12.3. The first-order valence-electron chi connectivity index (χ1n) is 12.3. The van der Waals surface area contributed by atoms with Crippen LogP contribution in [0.5, 0.6) is 0 Å². The number of carbonyl (C=O) groups excluding carboxylic acids is 4. The van der Waals surface area contributed by atoms with E-state index in [1.165, 1.54) is 30.6 Å². The molecule has 0 bridgehead atoms. The lowest BCUT2D eigenvalue weighted by Crippen LogP contribution is -2.47. The molecule has 34 heavy (non-hydrogen) atoms. The number of hydrogen-bond donors (Lipinski definition) is 0. The quantitative estimate of drug-likeness (QED) is 0.468. The number of aryl methyl sites for hydroxylation is 2. The number of nitrogens with zero attached hydrogens (tertiary/aromatic N) is 2. The smallest absolute Gasteiger partial charge is 0.262 e. The number of fused-ring (bicyclic) bond motifs is 1. The van der Waals surface area contributed by atoms with Gasteiger partial charge < -0.3 is 0 Å². The van der Waals surface area contributed by atoms with E-state index in [0.717, 1.165) is 29.3 Å². The van der Waals surface area contributed by atoms with Gasteiger partial charge in [0.25, 0.3) is 11.8 Å². The predicted molar refractivity (Wildman–Crippen MR) is 128 cm³/mol. The van der Waals surface area contributed by atoms with Gasteiger partial charge in [0.2, 0.25) is 0 Å². The minimum atomic E-state index is -0.829. The molecule has 2 amide bonds. The molecule has 6 heteroatoms. The van der Waals surface area contributed by atoms with E-state index in [9.17, 15) is 19.2 Å². The second-order valence-electron chi connectivity index (χ2n) is 9.84. The van der Waals surface area contributed by atoms with Crippen molar-refractivity contribution in [1.82, 2.24) is 9.80 Å². The van der Waals surface area contributed by atoms with Crippen molar-refractivity contribution < 1.29 is 19.2 Å². The molecule has 2 aliphatic heterocycles. The van der Waals surface area contributed by atoms with E-state index in [0.29, 0.717) is 17.5 Å². The second kappa shape index (κ2) is 9.26.